The minimum absolute atomic E-state index is 0.153. The van der Waals surface area contributed by atoms with Crippen LogP contribution in [-0.2, 0) is 0 Å². The summed E-state index contributed by atoms with van der Waals surface area (Å²) in [5, 5.41) is 9.88. The summed E-state index contributed by atoms with van der Waals surface area (Å²) in [5.74, 6) is 0.288. The van der Waals surface area contributed by atoms with Gasteiger partial charge in [-0.05, 0) is 35.9 Å². The Hall–Kier alpha value is -1.97. The first kappa shape index (κ1) is 13.0. The van der Waals surface area contributed by atoms with Crippen LogP contribution in [0.25, 0.3) is 6.08 Å². The molecule has 0 radical (unpaired) electrons. The Bertz CT molecular complexity index is 734. The van der Waals surface area contributed by atoms with E-state index in [1.165, 1.54) is 12.1 Å². The molecular weight excluding hydrogens is 299 g/mol. The molecule has 1 aliphatic rings. The van der Waals surface area contributed by atoms with E-state index in [0.29, 0.717) is 10.0 Å². The van der Waals surface area contributed by atoms with E-state index in [1.54, 1.807) is 30.3 Å². The fraction of sp³-hybridized carbons (Fsp3) is 0. The predicted octanol–water partition coefficient (Wildman–Crippen LogP) is 4.32. The molecule has 100 valence electrons. The van der Waals surface area contributed by atoms with Gasteiger partial charge in [0.2, 0.25) is 5.78 Å². The van der Waals surface area contributed by atoms with E-state index in [4.69, 9.17) is 27.9 Å². The van der Waals surface area contributed by atoms with Crippen molar-refractivity contribution in [3.8, 4) is 11.5 Å². The molecule has 0 amide bonds. The Morgan fingerprint density at radius 1 is 1.00 bits per heavy atom. The number of fused-ring (bicyclic) bond motifs is 1. The van der Waals surface area contributed by atoms with E-state index in [1.807, 2.05) is 0 Å². The number of hydrogen-bond acceptors (Lipinski definition) is 3. The zero-order valence-electron chi connectivity index (χ0n) is 10.1. The molecule has 0 aromatic heterocycles. The third-order valence-corrected chi connectivity index (χ3v) is 3.53. The molecule has 3 rings (SSSR count). The van der Waals surface area contributed by atoms with Crippen molar-refractivity contribution in [3.63, 3.8) is 0 Å². The van der Waals surface area contributed by atoms with Crippen molar-refractivity contribution in [1.29, 1.82) is 0 Å². The molecule has 1 N–H and O–H groups in total. The van der Waals surface area contributed by atoms with Crippen molar-refractivity contribution in [3.05, 3.63) is 63.3 Å². The summed E-state index contributed by atoms with van der Waals surface area (Å²) >= 11 is 12.0. The number of halogens is 2. The maximum Gasteiger partial charge on any atom is 0.233 e. The molecule has 3 nitrogen and oxygen atoms in total. The Labute approximate surface area is 125 Å². The molecule has 0 unspecified atom stereocenters. The van der Waals surface area contributed by atoms with Crippen LogP contribution in [0, 0.1) is 0 Å². The number of rotatable bonds is 1. The number of hydrogen-bond donors (Lipinski definition) is 1. The largest absolute Gasteiger partial charge is 0.508 e. The van der Waals surface area contributed by atoms with Gasteiger partial charge < -0.3 is 9.84 Å². The lowest BCUT2D eigenvalue weighted by molar-refractivity contribution is 0.101. The van der Waals surface area contributed by atoms with Crippen molar-refractivity contribution in [2.24, 2.45) is 0 Å². The van der Waals surface area contributed by atoms with Gasteiger partial charge in [-0.1, -0.05) is 35.3 Å². The lowest BCUT2D eigenvalue weighted by Gasteiger charge is -2.01. The van der Waals surface area contributed by atoms with Crippen molar-refractivity contribution in [1.82, 2.24) is 0 Å². The van der Waals surface area contributed by atoms with E-state index >= 15 is 0 Å². The van der Waals surface area contributed by atoms with Crippen LogP contribution in [0.4, 0.5) is 0 Å². The highest BCUT2D eigenvalue weighted by Gasteiger charge is 2.31. The Kier molecular flexibility index (Phi) is 3.16. The Balaban J connectivity index is 2.04. The highest BCUT2D eigenvalue weighted by atomic mass is 35.5. The lowest BCUT2D eigenvalue weighted by Crippen LogP contribution is -1.98. The van der Waals surface area contributed by atoms with Crippen LogP contribution in [0.15, 0.2) is 42.2 Å². The van der Waals surface area contributed by atoms with Gasteiger partial charge in [-0.3, -0.25) is 4.79 Å². The summed E-state index contributed by atoms with van der Waals surface area (Å²) in [4.78, 5) is 12.3. The van der Waals surface area contributed by atoms with Crippen LogP contribution in [-0.4, -0.2) is 10.9 Å². The van der Waals surface area contributed by atoms with Gasteiger partial charge in [-0.2, -0.15) is 0 Å². The molecule has 1 heterocycles. The number of phenolic OH excluding ortho intramolecular Hbond substituents is 1. The second kappa shape index (κ2) is 4.85. The summed E-state index contributed by atoms with van der Waals surface area (Å²) < 4.78 is 5.50. The number of carbonyl (C=O) groups is 1. The maximum atomic E-state index is 12.3. The van der Waals surface area contributed by atoms with Crippen molar-refractivity contribution in [2.75, 3.05) is 0 Å². The summed E-state index contributed by atoms with van der Waals surface area (Å²) in [7, 11) is 0. The van der Waals surface area contributed by atoms with Gasteiger partial charge in [0, 0.05) is 0 Å². The highest BCUT2D eigenvalue weighted by molar-refractivity contribution is 6.39. The zero-order valence-corrected chi connectivity index (χ0v) is 11.6. The summed E-state index contributed by atoms with van der Waals surface area (Å²) in [5.41, 5.74) is 1.01. The van der Waals surface area contributed by atoms with Gasteiger partial charge in [-0.25, -0.2) is 0 Å². The van der Waals surface area contributed by atoms with Crippen LogP contribution in [0.3, 0.4) is 0 Å². The zero-order chi connectivity index (χ0) is 14.3. The minimum Gasteiger partial charge on any atom is -0.508 e. The molecule has 0 bridgehead atoms. The van der Waals surface area contributed by atoms with Crippen LogP contribution in [0.5, 0.6) is 11.5 Å². The predicted molar refractivity (Wildman–Crippen MR) is 77.5 cm³/mol. The van der Waals surface area contributed by atoms with Gasteiger partial charge in [0.1, 0.15) is 5.75 Å². The van der Waals surface area contributed by atoms with E-state index in [0.717, 1.165) is 5.56 Å². The number of ketones is 1. The highest BCUT2D eigenvalue weighted by Crippen LogP contribution is 2.41. The summed E-state index contributed by atoms with van der Waals surface area (Å²) in [6, 6.07) is 9.54. The SMILES string of the molecule is O=C1/C(=C/c2ccc(O)cc2)Oc2c(Cl)ccc(Cl)c21. The van der Waals surface area contributed by atoms with Crippen LogP contribution in [0.1, 0.15) is 15.9 Å². The first-order chi connectivity index (χ1) is 9.56. The molecule has 20 heavy (non-hydrogen) atoms. The number of benzene rings is 2. The average molecular weight is 307 g/mol. The second-order valence-corrected chi connectivity index (χ2v) is 5.08. The number of Topliss-reactive ketones (excluding diaryl/α,β-unsaturated/α-hetero) is 1. The van der Waals surface area contributed by atoms with E-state index in [9.17, 15) is 9.90 Å². The second-order valence-electron chi connectivity index (χ2n) is 4.26. The molecule has 0 atom stereocenters. The normalized spacial score (nSPS) is 15.3. The van der Waals surface area contributed by atoms with Crippen molar-refractivity contribution >= 4 is 35.1 Å². The standard InChI is InChI=1S/C15H8Cl2O3/c16-10-5-6-11(17)15-13(10)14(19)12(20-15)7-8-1-3-9(18)4-2-8/h1-7,18H/b12-7-. The fourth-order valence-electron chi connectivity index (χ4n) is 1.94. The third kappa shape index (κ3) is 2.15. The van der Waals surface area contributed by atoms with E-state index in [-0.39, 0.29) is 28.6 Å². The number of phenols is 1. The van der Waals surface area contributed by atoms with Crippen LogP contribution in [0.2, 0.25) is 10.0 Å². The van der Waals surface area contributed by atoms with E-state index < -0.39 is 0 Å². The summed E-state index contributed by atoms with van der Waals surface area (Å²) in [6.45, 7) is 0. The smallest absolute Gasteiger partial charge is 0.233 e. The molecule has 0 saturated heterocycles. The number of carbonyl (C=O) groups excluding carboxylic acids is 1. The molecule has 0 saturated carbocycles. The topological polar surface area (TPSA) is 46.5 Å². The maximum absolute atomic E-state index is 12.3. The number of allylic oxidation sites excluding steroid dienone is 1. The van der Waals surface area contributed by atoms with Crippen molar-refractivity contribution in [2.45, 2.75) is 0 Å². The average Bonchev–Trinajstić information content (AvgIpc) is 2.76. The van der Waals surface area contributed by atoms with Crippen molar-refractivity contribution < 1.29 is 14.6 Å². The molecule has 5 heteroatoms. The first-order valence-electron chi connectivity index (χ1n) is 5.77. The summed E-state index contributed by atoms with van der Waals surface area (Å²) in [6.07, 6.45) is 1.58. The molecule has 2 aromatic carbocycles. The third-order valence-electron chi connectivity index (χ3n) is 2.91. The number of aromatic hydroxyl groups is 1. The Morgan fingerprint density at radius 2 is 1.65 bits per heavy atom. The van der Waals surface area contributed by atoms with Gasteiger partial charge in [0.25, 0.3) is 0 Å². The van der Waals surface area contributed by atoms with E-state index in [2.05, 4.69) is 0 Å². The molecular formula is C15H8Cl2O3. The fourth-order valence-corrected chi connectivity index (χ4v) is 2.37. The quantitative estimate of drug-likeness (QED) is 0.798. The first-order valence-corrected chi connectivity index (χ1v) is 6.53. The monoisotopic (exact) mass is 306 g/mol. The minimum atomic E-state index is -0.305. The van der Waals surface area contributed by atoms with Crippen LogP contribution >= 0.6 is 23.2 Å². The van der Waals surface area contributed by atoms with Gasteiger partial charge in [-0.15, -0.1) is 0 Å². The molecule has 2 aromatic rings. The molecule has 0 fully saturated rings. The van der Waals surface area contributed by atoms with Crippen LogP contribution < -0.4 is 4.74 Å². The lowest BCUT2D eigenvalue weighted by atomic mass is 10.1. The van der Waals surface area contributed by atoms with Gasteiger partial charge in [0.15, 0.2) is 11.5 Å². The molecule has 0 aliphatic carbocycles. The number of ether oxygens (including phenoxy) is 1. The molecule has 1 aliphatic heterocycles. The van der Waals surface area contributed by atoms with Gasteiger partial charge >= 0.3 is 0 Å². The van der Waals surface area contributed by atoms with Gasteiger partial charge in [0.05, 0.1) is 15.6 Å². The Morgan fingerprint density at radius 3 is 2.30 bits per heavy atom. The molecule has 0 spiro atoms.